The Hall–Kier alpha value is -3.26. The molecule has 8 heteroatoms. The van der Waals surface area contributed by atoms with Gasteiger partial charge in [-0.05, 0) is 68.5 Å². The fourth-order valence-electron chi connectivity index (χ4n) is 4.94. The number of hydrogen-bond donors (Lipinski definition) is 2. The van der Waals surface area contributed by atoms with Crippen molar-refractivity contribution in [3.63, 3.8) is 0 Å². The normalized spacial score (nSPS) is 19.1. The molecule has 1 aromatic carbocycles. The Balaban J connectivity index is 1.38. The standard InChI is InChI=1S/C26H31N5O3/c1-17(18-10-12-27-13-11-18)29-26(34)19-6-9-22-23(14-19)30(16-25(33)31(22)21-7-8-21)24(32)15-28-20-4-2-3-5-20/h6,9-14,17,20-21,28H,2-5,7-8,15-16H2,1H3,(H,29,34). The first-order valence-corrected chi connectivity index (χ1v) is 12.2. The molecule has 0 bridgehead atoms. The van der Waals surface area contributed by atoms with Gasteiger partial charge in [0, 0.05) is 30.0 Å². The van der Waals surface area contributed by atoms with Crippen LogP contribution in [-0.2, 0) is 9.59 Å². The predicted molar refractivity (Wildman–Crippen MR) is 130 cm³/mol. The molecule has 3 aliphatic rings. The molecule has 34 heavy (non-hydrogen) atoms. The first kappa shape index (κ1) is 22.5. The summed E-state index contributed by atoms with van der Waals surface area (Å²) in [7, 11) is 0. The largest absolute Gasteiger partial charge is 0.346 e. The number of fused-ring (bicyclic) bond motifs is 1. The number of anilines is 2. The van der Waals surface area contributed by atoms with Crippen molar-refractivity contribution in [2.24, 2.45) is 0 Å². The summed E-state index contributed by atoms with van der Waals surface area (Å²) in [6, 6.07) is 9.39. The summed E-state index contributed by atoms with van der Waals surface area (Å²) in [5, 5.41) is 6.37. The molecule has 1 unspecified atom stereocenters. The van der Waals surface area contributed by atoms with Gasteiger partial charge in [-0.1, -0.05) is 12.8 Å². The van der Waals surface area contributed by atoms with Crippen LogP contribution in [0.25, 0.3) is 0 Å². The Labute approximate surface area is 199 Å². The van der Waals surface area contributed by atoms with E-state index in [-0.39, 0.29) is 42.9 Å². The third kappa shape index (κ3) is 4.68. The minimum atomic E-state index is -0.224. The van der Waals surface area contributed by atoms with Gasteiger partial charge in [0.05, 0.1) is 24.0 Å². The summed E-state index contributed by atoms with van der Waals surface area (Å²) in [4.78, 5) is 46.6. The van der Waals surface area contributed by atoms with Crippen LogP contribution in [0.2, 0.25) is 0 Å². The maximum atomic E-state index is 13.2. The zero-order chi connectivity index (χ0) is 23.7. The molecule has 3 amide bonds. The molecule has 2 N–H and O–H groups in total. The van der Waals surface area contributed by atoms with E-state index in [1.54, 1.807) is 35.5 Å². The molecule has 2 heterocycles. The summed E-state index contributed by atoms with van der Waals surface area (Å²) in [6.07, 6.45) is 9.86. The maximum absolute atomic E-state index is 13.2. The van der Waals surface area contributed by atoms with E-state index in [2.05, 4.69) is 15.6 Å². The van der Waals surface area contributed by atoms with E-state index >= 15 is 0 Å². The molecule has 1 atom stereocenters. The summed E-state index contributed by atoms with van der Waals surface area (Å²) in [5.74, 6) is -0.425. The van der Waals surface area contributed by atoms with Crippen LogP contribution >= 0.6 is 0 Å². The van der Waals surface area contributed by atoms with E-state index in [4.69, 9.17) is 0 Å². The van der Waals surface area contributed by atoms with E-state index in [1.165, 1.54) is 12.8 Å². The molecule has 1 aliphatic heterocycles. The van der Waals surface area contributed by atoms with Gasteiger partial charge in [-0.2, -0.15) is 0 Å². The van der Waals surface area contributed by atoms with Crippen molar-refractivity contribution in [1.82, 2.24) is 15.6 Å². The van der Waals surface area contributed by atoms with Gasteiger partial charge in [0.25, 0.3) is 5.91 Å². The van der Waals surface area contributed by atoms with Crippen LogP contribution in [0.15, 0.2) is 42.7 Å². The van der Waals surface area contributed by atoms with E-state index < -0.39 is 0 Å². The highest BCUT2D eigenvalue weighted by molar-refractivity contribution is 6.13. The van der Waals surface area contributed by atoms with Gasteiger partial charge >= 0.3 is 0 Å². The summed E-state index contributed by atoms with van der Waals surface area (Å²) < 4.78 is 0. The quantitative estimate of drug-likeness (QED) is 0.661. The van der Waals surface area contributed by atoms with Crippen molar-refractivity contribution in [1.29, 1.82) is 0 Å². The SMILES string of the molecule is CC(NC(=O)c1ccc2c(c1)N(C(=O)CNC1CCCC1)CC(=O)N2C1CC1)c1ccncc1. The molecular formula is C26H31N5O3. The number of nitrogens with one attached hydrogen (secondary N) is 2. The molecule has 178 valence electrons. The molecule has 8 nitrogen and oxygen atoms in total. The lowest BCUT2D eigenvalue weighted by Gasteiger charge is -2.37. The number of carbonyl (C=O) groups excluding carboxylic acids is 3. The van der Waals surface area contributed by atoms with Gasteiger partial charge in [-0.3, -0.25) is 24.3 Å². The highest BCUT2D eigenvalue weighted by atomic mass is 16.2. The lowest BCUT2D eigenvalue weighted by atomic mass is 10.1. The lowest BCUT2D eigenvalue weighted by molar-refractivity contribution is -0.122. The second-order valence-corrected chi connectivity index (χ2v) is 9.52. The van der Waals surface area contributed by atoms with Gasteiger partial charge in [-0.25, -0.2) is 0 Å². The van der Waals surface area contributed by atoms with Crippen LogP contribution < -0.4 is 20.4 Å². The lowest BCUT2D eigenvalue weighted by Crippen LogP contribution is -2.51. The number of aromatic nitrogens is 1. The van der Waals surface area contributed by atoms with Crippen LogP contribution in [0.1, 0.15) is 67.4 Å². The van der Waals surface area contributed by atoms with E-state index in [0.717, 1.165) is 31.2 Å². The molecular weight excluding hydrogens is 430 g/mol. The third-order valence-corrected chi connectivity index (χ3v) is 7.01. The molecule has 2 saturated carbocycles. The Bertz CT molecular complexity index is 1080. The topological polar surface area (TPSA) is 94.6 Å². The summed E-state index contributed by atoms with van der Waals surface area (Å²) in [6.45, 7) is 2.12. The number of amides is 3. The van der Waals surface area contributed by atoms with E-state index in [0.29, 0.717) is 23.0 Å². The van der Waals surface area contributed by atoms with Crippen LogP contribution in [0, 0.1) is 0 Å². The van der Waals surface area contributed by atoms with E-state index in [9.17, 15) is 14.4 Å². The minimum Gasteiger partial charge on any atom is -0.346 e. The molecule has 2 fully saturated rings. The van der Waals surface area contributed by atoms with Crippen molar-refractivity contribution in [2.45, 2.75) is 63.6 Å². The maximum Gasteiger partial charge on any atom is 0.251 e. The average Bonchev–Trinajstić information content (AvgIpc) is 3.55. The van der Waals surface area contributed by atoms with Gasteiger partial charge < -0.3 is 15.5 Å². The van der Waals surface area contributed by atoms with Crippen LogP contribution in [0.5, 0.6) is 0 Å². The number of pyridine rings is 1. The summed E-state index contributed by atoms with van der Waals surface area (Å²) >= 11 is 0. The molecule has 2 aromatic rings. The summed E-state index contributed by atoms with van der Waals surface area (Å²) in [5.41, 5.74) is 2.77. The molecule has 5 rings (SSSR count). The van der Waals surface area contributed by atoms with Crippen molar-refractivity contribution in [3.8, 4) is 0 Å². The highest BCUT2D eigenvalue weighted by Gasteiger charge is 2.40. The van der Waals surface area contributed by atoms with Gasteiger partial charge in [-0.15, -0.1) is 0 Å². The minimum absolute atomic E-state index is 0.00711. The monoisotopic (exact) mass is 461 g/mol. The zero-order valence-electron chi connectivity index (χ0n) is 19.5. The number of hydrogen-bond acceptors (Lipinski definition) is 5. The van der Waals surface area contributed by atoms with Crippen LogP contribution in [-0.4, -0.2) is 47.9 Å². The first-order chi connectivity index (χ1) is 16.5. The van der Waals surface area contributed by atoms with Gasteiger partial charge in [0.1, 0.15) is 6.54 Å². The second kappa shape index (κ2) is 9.54. The van der Waals surface area contributed by atoms with Crippen LogP contribution in [0.4, 0.5) is 11.4 Å². The first-order valence-electron chi connectivity index (χ1n) is 12.2. The van der Waals surface area contributed by atoms with E-state index in [1.807, 2.05) is 24.0 Å². The Morgan fingerprint density at radius 3 is 2.50 bits per heavy atom. The number of nitrogens with zero attached hydrogens (tertiary/aromatic N) is 3. The van der Waals surface area contributed by atoms with Crippen LogP contribution in [0.3, 0.4) is 0 Å². The fourth-order valence-corrected chi connectivity index (χ4v) is 4.94. The number of carbonyl (C=O) groups is 3. The number of rotatable bonds is 7. The third-order valence-electron chi connectivity index (χ3n) is 7.01. The van der Waals surface area contributed by atoms with Crippen molar-refractivity contribution < 1.29 is 14.4 Å². The number of benzene rings is 1. The van der Waals surface area contributed by atoms with Crippen molar-refractivity contribution in [2.75, 3.05) is 22.9 Å². The predicted octanol–water partition coefficient (Wildman–Crippen LogP) is 2.95. The smallest absolute Gasteiger partial charge is 0.251 e. The van der Waals surface area contributed by atoms with Gasteiger partial charge in [0.15, 0.2) is 0 Å². The second-order valence-electron chi connectivity index (χ2n) is 9.52. The molecule has 2 aliphatic carbocycles. The molecule has 0 radical (unpaired) electrons. The molecule has 1 aromatic heterocycles. The Kier molecular flexibility index (Phi) is 6.32. The zero-order valence-corrected chi connectivity index (χ0v) is 19.5. The average molecular weight is 462 g/mol. The fraction of sp³-hybridized carbons (Fsp3) is 0.462. The Morgan fingerprint density at radius 2 is 1.79 bits per heavy atom. The highest BCUT2D eigenvalue weighted by Crippen LogP contribution is 2.41. The Morgan fingerprint density at radius 1 is 1.06 bits per heavy atom. The van der Waals surface area contributed by atoms with Crippen molar-refractivity contribution >= 4 is 29.1 Å². The van der Waals surface area contributed by atoms with Crippen molar-refractivity contribution in [3.05, 3.63) is 53.9 Å². The molecule has 0 saturated heterocycles. The van der Waals surface area contributed by atoms with Gasteiger partial charge in [0.2, 0.25) is 11.8 Å². The molecule has 0 spiro atoms.